The molecule has 0 saturated heterocycles. The number of H-pyrrole nitrogens is 1. The quantitative estimate of drug-likeness (QED) is 0.786. The van der Waals surface area contributed by atoms with Crippen LogP contribution in [-0.4, -0.2) is 16.1 Å². The molecule has 16 heavy (non-hydrogen) atoms. The van der Waals surface area contributed by atoms with Crippen molar-refractivity contribution >= 4 is 11.7 Å². The Morgan fingerprint density at radius 3 is 2.88 bits per heavy atom. The average Bonchev–Trinajstić information content (AvgIpc) is 2.65. The van der Waals surface area contributed by atoms with Crippen molar-refractivity contribution in [3.05, 3.63) is 46.1 Å². The van der Waals surface area contributed by atoms with E-state index in [0.717, 1.165) is 12.0 Å². The summed E-state index contributed by atoms with van der Waals surface area (Å²) in [4.78, 5) is 22.3. The number of nitrogens with one attached hydrogen (secondary N) is 2. The fourth-order valence-corrected chi connectivity index (χ4v) is 1.16. The molecule has 6 nitrogen and oxygen atoms in total. The fraction of sp³-hybridized carbons (Fsp3) is 0.100. The maximum Gasteiger partial charge on any atom is 0.335 e. The second-order valence-corrected chi connectivity index (χ2v) is 3.23. The zero-order valence-electron chi connectivity index (χ0n) is 8.48. The number of carbonyl (C=O) groups excluding carboxylic acids is 1. The van der Waals surface area contributed by atoms with Gasteiger partial charge in [0.2, 0.25) is 0 Å². The van der Waals surface area contributed by atoms with Crippen molar-refractivity contribution in [3.63, 3.8) is 0 Å². The Bertz CT molecular complexity index is 550. The van der Waals surface area contributed by atoms with Gasteiger partial charge >= 0.3 is 5.63 Å². The van der Waals surface area contributed by atoms with E-state index in [1.54, 1.807) is 6.07 Å². The third-order valence-corrected chi connectivity index (χ3v) is 1.91. The lowest BCUT2D eigenvalue weighted by molar-refractivity contribution is 0.102. The van der Waals surface area contributed by atoms with Crippen LogP contribution in [0.5, 0.6) is 0 Å². The summed E-state index contributed by atoms with van der Waals surface area (Å²) in [6.07, 6.45) is 1.11. The summed E-state index contributed by atoms with van der Waals surface area (Å²) in [5.41, 5.74) is 0.613. The molecule has 0 saturated carbocycles. The molecule has 0 aliphatic carbocycles. The topological polar surface area (TPSA) is 88.0 Å². The number of carbonyl (C=O) groups is 1. The number of nitrogens with zero attached hydrogens (tertiary/aromatic N) is 1. The Kier molecular flexibility index (Phi) is 2.55. The molecule has 0 unspecified atom stereocenters. The van der Waals surface area contributed by atoms with Gasteiger partial charge in [0.25, 0.3) is 5.91 Å². The zero-order chi connectivity index (χ0) is 11.5. The highest BCUT2D eigenvalue weighted by molar-refractivity contribution is 6.03. The van der Waals surface area contributed by atoms with Gasteiger partial charge in [0.15, 0.2) is 5.82 Å². The number of aromatic amines is 1. The fourth-order valence-electron chi connectivity index (χ4n) is 1.16. The molecule has 0 fully saturated rings. The Balaban J connectivity index is 2.14. The van der Waals surface area contributed by atoms with Crippen LogP contribution in [0.1, 0.15) is 16.1 Å². The highest BCUT2D eigenvalue weighted by atomic mass is 16.4. The van der Waals surface area contributed by atoms with Crippen LogP contribution >= 0.6 is 0 Å². The van der Waals surface area contributed by atoms with Gasteiger partial charge in [-0.05, 0) is 13.0 Å². The molecule has 0 radical (unpaired) electrons. The van der Waals surface area contributed by atoms with E-state index in [-0.39, 0.29) is 11.5 Å². The van der Waals surface area contributed by atoms with Crippen LogP contribution in [0.15, 0.2) is 33.7 Å². The highest BCUT2D eigenvalue weighted by Gasteiger charge is 2.08. The average molecular weight is 219 g/mol. The number of aromatic nitrogens is 2. The van der Waals surface area contributed by atoms with Crippen LogP contribution in [0.4, 0.5) is 5.82 Å². The first-order chi connectivity index (χ1) is 7.65. The summed E-state index contributed by atoms with van der Waals surface area (Å²) in [6.45, 7) is 1.82. The summed E-state index contributed by atoms with van der Waals surface area (Å²) in [6, 6.07) is 4.27. The molecule has 0 atom stereocenters. The summed E-state index contributed by atoms with van der Waals surface area (Å²) in [5, 5.41) is 9.10. The second kappa shape index (κ2) is 4.01. The van der Waals surface area contributed by atoms with E-state index < -0.39 is 5.63 Å². The first-order valence-corrected chi connectivity index (χ1v) is 4.57. The number of aryl methyl sites for hydroxylation is 1. The van der Waals surface area contributed by atoms with Crippen LogP contribution in [-0.2, 0) is 0 Å². The van der Waals surface area contributed by atoms with Gasteiger partial charge in [-0.1, -0.05) is 0 Å². The van der Waals surface area contributed by atoms with Crippen LogP contribution in [0.3, 0.4) is 0 Å². The molecule has 82 valence electrons. The minimum Gasteiger partial charge on any atom is -0.430 e. The minimum atomic E-state index is -0.493. The number of hydrogen-bond acceptors (Lipinski definition) is 4. The predicted octanol–water partition coefficient (Wildman–Crippen LogP) is 0.924. The van der Waals surface area contributed by atoms with Crippen molar-refractivity contribution in [2.75, 3.05) is 5.32 Å². The molecule has 1 amide bonds. The molecule has 0 bridgehead atoms. The SMILES string of the molecule is Cc1cc(NC(=O)c2ccc(=O)oc2)n[nH]1. The summed E-state index contributed by atoms with van der Waals surface area (Å²) in [7, 11) is 0. The van der Waals surface area contributed by atoms with Gasteiger partial charge in [-0.3, -0.25) is 9.89 Å². The van der Waals surface area contributed by atoms with Crippen molar-refractivity contribution in [3.8, 4) is 0 Å². The second-order valence-electron chi connectivity index (χ2n) is 3.23. The Labute approximate surface area is 90.3 Å². The van der Waals surface area contributed by atoms with E-state index in [0.29, 0.717) is 5.82 Å². The third-order valence-electron chi connectivity index (χ3n) is 1.91. The van der Waals surface area contributed by atoms with Crippen LogP contribution in [0.25, 0.3) is 0 Å². The molecular weight excluding hydrogens is 210 g/mol. The Morgan fingerprint density at radius 2 is 2.31 bits per heavy atom. The van der Waals surface area contributed by atoms with Gasteiger partial charge in [-0.15, -0.1) is 0 Å². The Hall–Kier alpha value is -2.37. The molecule has 0 spiro atoms. The lowest BCUT2D eigenvalue weighted by atomic mass is 10.3. The molecule has 2 heterocycles. The number of rotatable bonds is 2. The summed E-state index contributed by atoms with van der Waals surface area (Å²) >= 11 is 0. The van der Waals surface area contributed by atoms with E-state index in [1.165, 1.54) is 12.1 Å². The molecule has 0 aromatic carbocycles. The van der Waals surface area contributed by atoms with Crippen molar-refractivity contribution in [1.29, 1.82) is 0 Å². The standard InChI is InChI=1S/C10H9N3O3/c1-6-4-8(13-12-6)11-10(15)7-2-3-9(14)16-5-7/h2-5H,1H3,(H2,11,12,13,15). The van der Waals surface area contributed by atoms with E-state index in [4.69, 9.17) is 0 Å². The number of hydrogen-bond donors (Lipinski definition) is 2. The minimum absolute atomic E-state index is 0.264. The molecule has 0 aliphatic rings. The lowest BCUT2D eigenvalue weighted by Crippen LogP contribution is -2.13. The van der Waals surface area contributed by atoms with Crippen LogP contribution in [0, 0.1) is 6.92 Å². The zero-order valence-corrected chi connectivity index (χ0v) is 8.48. The molecule has 2 N–H and O–H groups in total. The summed E-state index contributed by atoms with van der Waals surface area (Å²) < 4.78 is 4.58. The van der Waals surface area contributed by atoms with Gasteiger partial charge in [-0.25, -0.2) is 4.79 Å². The van der Waals surface area contributed by atoms with Crippen molar-refractivity contribution in [1.82, 2.24) is 10.2 Å². The van der Waals surface area contributed by atoms with Crippen molar-refractivity contribution in [2.45, 2.75) is 6.92 Å². The maximum atomic E-state index is 11.6. The Morgan fingerprint density at radius 1 is 1.50 bits per heavy atom. The van der Waals surface area contributed by atoms with Crippen molar-refractivity contribution < 1.29 is 9.21 Å². The van der Waals surface area contributed by atoms with Crippen LogP contribution < -0.4 is 10.9 Å². The predicted molar refractivity (Wildman–Crippen MR) is 56.3 cm³/mol. The van der Waals surface area contributed by atoms with Gasteiger partial charge in [-0.2, -0.15) is 5.10 Å². The molecule has 2 aromatic rings. The first-order valence-electron chi connectivity index (χ1n) is 4.57. The molecular formula is C10H9N3O3. The molecule has 0 aliphatic heterocycles. The van der Waals surface area contributed by atoms with Gasteiger partial charge in [0.05, 0.1) is 5.56 Å². The number of anilines is 1. The van der Waals surface area contributed by atoms with E-state index in [1.807, 2.05) is 6.92 Å². The first kappa shape index (κ1) is 10.2. The third kappa shape index (κ3) is 2.17. The van der Waals surface area contributed by atoms with Crippen LogP contribution in [0.2, 0.25) is 0 Å². The van der Waals surface area contributed by atoms with Crippen molar-refractivity contribution in [2.24, 2.45) is 0 Å². The van der Waals surface area contributed by atoms with Gasteiger partial charge in [0, 0.05) is 17.8 Å². The largest absolute Gasteiger partial charge is 0.430 e. The molecule has 6 heteroatoms. The van der Waals surface area contributed by atoms with Gasteiger partial charge in [0.1, 0.15) is 6.26 Å². The lowest BCUT2D eigenvalue weighted by Gasteiger charge is -1.99. The monoisotopic (exact) mass is 219 g/mol. The smallest absolute Gasteiger partial charge is 0.335 e. The van der Waals surface area contributed by atoms with E-state index in [2.05, 4.69) is 19.9 Å². The maximum absolute atomic E-state index is 11.6. The molecule has 2 rings (SSSR count). The normalized spacial score (nSPS) is 10.1. The number of amides is 1. The van der Waals surface area contributed by atoms with Gasteiger partial charge < -0.3 is 9.73 Å². The van der Waals surface area contributed by atoms with E-state index in [9.17, 15) is 9.59 Å². The highest BCUT2D eigenvalue weighted by Crippen LogP contribution is 2.06. The molecule has 2 aromatic heterocycles. The summed E-state index contributed by atoms with van der Waals surface area (Å²) in [5.74, 6) is 0.0453. The van der Waals surface area contributed by atoms with E-state index >= 15 is 0 Å².